The van der Waals surface area contributed by atoms with Crippen LogP contribution in [-0.2, 0) is 22.0 Å². The lowest BCUT2D eigenvalue weighted by Gasteiger charge is -2.07. The first-order chi connectivity index (χ1) is 8.63. The van der Waals surface area contributed by atoms with Gasteiger partial charge in [0.15, 0.2) is 0 Å². The molecule has 18 heavy (non-hydrogen) atoms. The van der Waals surface area contributed by atoms with E-state index in [9.17, 15) is 9.00 Å². The first-order valence-corrected chi connectivity index (χ1v) is 7.39. The van der Waals surface area contributed by atoms with Gasteiger partial charge in [-0.15, -0.1) is 0 Å². The van der Waals surface area contributed by atoms with Gasteiger partial charge in [-0.05, 0) is 24.5 Å². The summed E-state index contributed by atoms with van der Waals surface area (Å²) in [4.78, 5) is 11.4. The fraction of sp³-hybridized carbons (Fsp3) is 0.462. The van der Waals surface area contributed by atoms with Crippen molar-refractivity contribution in [2.24, 2.45) is 0 Å². The maximum Gasteiger partial charge on any atom is 0.232 e. The van der Waals surface area contributed by atoms with Gasteiger partial charge >= 0.3 is 0 Å². The average molecular weight is 269 g/mol. The number of benzene rings is 1. The van der Waals surface area contributed by atoms with Crippen molar-refractivity contribution in [1.82, 2.24) is 5.32 Å². The molecule has 0 bridgehead atoms. The minimum atomic E-state index is -1.26. The number of hydrogen-bond donors (Lipinski definition) is 2. The van der Waals surface area contributed by atoms with Crippen molar-refractivity contribution in [2.45, 2.75) is 13.3 Å². The zero-order valence-electron chi connectivity index (χ0n) is 10.5. The van der Waals surface area contributed by atoms with Crippen LogP contribution in [0.1, 0.15) is 11.1 Å². The van der Waals surface area contributed by atoms with Gasteiger partial charge < -0.3 is 10.4 Å². The molecule has 0 spiro atoms. The van der Waals surface area contributed by atoms with E-state index in [4.69, 9.17) is 5.11 Å². The third-order valence-corrected chi connectivity index (χ3v) is 3.81. The topological polar surface area (TPSA) is 66.4 Å². The molecule has 1 atom stereocenters. The van der Waals surface area contributed by atoms with Crippen molar-refractivity contribution in [3.8, 4) is 0 Å². The number of aliphatic hydroxyl groups excluding tert-OH is 1. The van der Waals surface area contributed by atoms with Gasteiger partial charge in [0.1, 0.15) is 5.75 Å². The normalized spacial score (nSPS) is 12.1. The Kier molecular flexibility index (Phi) is 6.60. The molecule has 1 amide bonds. The minimum absolute atomic E-state index is 0.0334. The molecule has 0 aromatic heterocycles. The van der Waals surface area contributed by atoms with Crippen LogP contribution in [-0.4, -0.2) is 39.9 Å². The summed E-state index contributed by atoms with van der Waals surface area (Å²) < 4.78 is 11.2. The molecule has 0 aliphatic heterocycles. The average Bonchev–Trinajstić information content (AvgIpc) is 2.31. The maximum absolute atomic E-state index is 11.4. The largest absolute Gasteiger partial charge is 0.395 e. The lowest BCUT2D eigenvalue weighted by atomic mass is 10.1. The summed E-state index contributed by atoms with van der Waals surface area (Å²) in [6.45, 7) is 2.43. The summed E-state index contributed by atoms with van der Waals surface area (Å²) in [6, 6.07) is 8.02. The van der Waals surface area contributed by atoms with Gasteiger partial charge in [0.25, 0.3) is 0 Å². The van der Waals surface area contributed by atoms with Crippen molar-refractivity contribution in [1.29, 1.82) is 0 Å². The molecule has 1 unspecified atom stereocenters. The van der Waals surface area contributed by atoms with Gasteiger partial charge in [-0.25, -0.2) is 0 Å². The molecule has 0 fully saturated rings. The van der Waals surface area contributed by atoms with Crippen LogP contribution in [0.15, 0.2) is 24.3 Å². The van der Waals surface area contributed by atoms with E-state index >= 15 is 0 Å². The van der Waals surface area contributed by atoms with Gasteiger partial charge in [-0.3, -0.25) is 9.00 Å². The van der Waals surface area contributed by atoms with Crippen LogP contribution < -0.4 is 5.32 Å². The van der Waals surface area contributed by atoms with Crippen molar-refractivity contribution in [2.75, 3.05) is 24.7 Å². The molecule has 2 N–H and O–H groups in total. The number of rotatable bonds is 7. The van der Waals surface area contributed by atoms with E-state index in [1.165, 1.54) is 11.1 Å². The van der Waals surface area contributed by atoms with E-state index < -0.39 is 10.8 Å². The number of aliphatic hydroxyl groups is 1. The second kappa shape index (κ2) is 8.00. The van der Waals surface area contributed by atoms with E-state index in [1.807, 2.05) is 31.2 Å². The molecule has 1 aromatic carbocycles. The second-order valence-electron chi connectivity index (χ2n) is 4.04. The monoisotopic (exact) mass is 269 g/mol. The smallest absolute Gasteiger partial charge is 0.232 e. The minimum Gasteiger partial charge on any atom is -0.395 e. The van der Waals surface area contributed by atoms with E-state index in [-0.39, 0.29) is 24.0 Å². The molecule has 0 heterocycles. The number of carbonyl (C=O) groups is 1. The summed E-state index contributed by atoms with van der Waals surface area (Å²) in [7, 11) is -1.26. The molecule has 0 saturated carbocycles. The van der Waals surface area contributed by atoms with Crippen molar-refractivity contribution < 1.29 is 14.1 Å². The second-order valence-corrected chi connectivity index (χ2v) is 5.61. The lowest BCUT2D eigenvalue weighted by molar-refractivity contribution is -0.118. The molecule has 0 saturated heterocycles. The van der Waals surface area contributed by atoms with Crippen LogP contribution >= 0.6 is 0 Å². The van der Waals surface area contributed by atoms with Gasteiger partial charge in [-0.2, -0.15) is 0 Å². The van der Waals surface area contributed by atoms with E-state index in [0.29, 0.717) is 6.54 Å². The Bertz CT molecular complexity index is 420. The first kappa shape index (κ1) is 14.9. The molecular formula is C13H19NO3S. The Morgan fingerprint density at radius 1 is 1.39 bits per heavy atom. The highest BCUT2D eigenvalue weighted by molar-refractivity contribution is 7.85. The van der Waals surface area contributed by atoms with Crippen LogP contribution in [0.4, 0.5) is 0 Å². The van der Waals surface area contributed by atoms with Crippen molar-refractivity contribution >= 4 is 16.7 Å². The van der Waals surface area contributed by atoms with Crippen molar-refractivity contribution in [3.05, 3.63) is 35.4 Å². The fourth-order valence-electron chi connectivity index (χ4n) is 1.60. The Morgan fingerprint density at radius 2 is 2.11 bits per heavy atom. The molecule has 0 aliphatic rings. The van der Waals surface area contributed by atoms with E-state index in [1.54, 1.807) is 0 Å². The molecule has 1 rings (SSSR count). The van der Waals surface area contributed by atoms with Gasteiger partial charge in [0.05, 0.1) is 6.61 Å². The number of hydrogen-bond acceptors (Lipinski definition) is 3. The SMILES string of the molecule is Cc1ccccc1CCNC(=O)CS(=O)CCO. The zero-order chi connectivity index (χ0) is 13.4. The predicted octanol–water partition coefficient (Wildman–Crippen LogP) is 0.395. The van der Waals surface area contributed by atoms with Crippen LogP contribution in [0.25, 0.3) is 0 Å². The quantitative estimate of drug-likeness (QED) is 0.753. The predicted molar refractivity (Wildman–Crippen MR) is 72.9 cm³/mol. The third kappa shape index (κ3) is 5.42. The molecule has 1 aromatic rings. The number of nitrogens with one attached hydrogen (secondary N) is 1. The van der Waals surface area contributed by atoms with Crippen LogP contribution in [0, 0.1) is 6.92 Å². The highest BCUT2D eigenvalue weighted by Gasteiger charge is 2.06. The summed E-state index contributed by atoms with van der Waals surface area (Å²) in [6.07, 6.45) is 0.769. The highest BCUT2D eigenvalue weighted by atomic mass is 32.2. The van der Waals surface area contributed by atoms with Gasteiger partial charge in [0.2, 0.25) is 5.91 Å². The van der Waals surface area contributed by atoms with Crippen molar-refractivity contribution in [3.63, 3.8) is 0 Å². The van der Waals surface area contributed by atoms with E-state index in [2.05, 4.69) is 5.32 Å². The van der Waals surface area contributed by atoms with Crippen LogP contribution in [0.2, 0.25) is 0 Å². The first-order valence-electron chi connectivity index (χ1n) is 5.90. The lowest BCUT2D eigenvalue weighted by Crippen LogP contribution is -2.31. The van der Waals surface area contributed by atoms with Crippen LogP contribution in [0.3, 0.4) is 0 Å². The van der Waals surface area contributed by atoms with Crippen LogP contribution in [0.5, 0.6) is 0 Å². The molecule has 0 aliphatic carbocycles. The maximum atomic E-state index is 11.4. The van der Waals surface area contributed by atoms with E-state index in [0.717, 1.165) is 6.42 Å². The Morgan fingerprint density at radius 3 is 2.78 bits per heavy atom. The molecule has 5 heteroatoms. The number of carbonyl (C=O) groups excluding carboxylic acids is 1. The summed E-state index contributed by atoms with van der Waals surface area (Å²) >= 11 is 0. The molecule has 0 radical (unpaired) electrons. The van der Waals surface area contributed by atoms with Gasteiger partial charge in [-0.1, -0.05) is 24.3 Å². The molecule has 100 valence electrons. The fourth-order valence-corrected chi connectivity index (χ4v) is 2.34. The Hall–Kier alpha value is -1.20. The Labute approximate surface area is 110 Å². The standard InChI is InChI=1S/C13H19NO3S/c1-11-4-2-3-5-12(11)6-7-14-13(16)10-18(17)9-8-15/h2-5,15H,6-10H2,1H3,(H,14,16). The Balaban J connectivity index is 2.28. The number of amides is 1. The number of aryl methyl sites for hydroxylation is 1. The molecular weight excluding hydrogens is 250 g/mol. The van der Waals surface area contributed by atoms with Gasteiger partial charge in [0, 0.05) is 23.1 Å². The highest BCUT2D eigenvalue weighted by Crippen LogP contribution is 2.06. The third-order valence-electron chi connectivity index (χ3n) is 2.59. The summed E-state index contributed by atoms with van der Waals surface area (Å²) in [5.41, 5.74) is 2.41. The zero-order valence-corrected chi connectivity index (χ0v) is 11.3. The summed E-state index contributed by atoms with van der Waals surface area (Å²) in [5, 5.41) is 11.3. The molecule has 4 nitrogen and oxygen atoms in total. The summed E-state index contributed by atoms with van der Waals surface area (Å²) in [5.74, 6) is -0.102.